The third kappa shape index (κ3) is 3.40. The van der Waals surface area contributed by atoms with Crippen molar-refractivity contribution >= 4 is 11.5 Å². The maximum Gasteiger partial charge on any atom is 0.178 e. The Hall–Kier alpha value is -2.67. The highest BCUT2D eigenvalue weighted by molar-refractivity contribution is 5.45. The average molecular weight is 313 g/mol. The minimum atomic E-state index is -0.0306. The summed E-state index contributed by atoms with van der Waals surface area (Å²) in [5, 5.41) is 34.6. The highest BCUT2D eigenvalue weighted by Crippen LogP contribution is 2.14. The molecule has 0 aliphatic heterocycles. The molecule has 0 saturated carbocycles. The number of aromatic nitrogens is 4. The second kappa shape index (κ2) is 6.62. The summed E-state index contributed by atoms with van der Waals surface area (Å²) in [4.78, 5) is 0. The van der Waals surface area contributed by atoms with Gasteiger partial charge in [-0.05, 0) is 36.2 Å². The fraction of sp³-hybridized carbons (Fsp3) is 0.312. The van der Waals surface area contributed by atoms with Gasteiger partial charge < -0.3 is 15.5 Å². The van der Waals surface area contributed by atoms with Gasteiger partial charge in [-0.3, -0.25) is 0 Å². The predicted molar refractivity (Wildman–Crippen MR) is 86.5 cm³/mol. The zero-order valence-electron chi connectivity index (χ0n) is 12.8. The van der Waals surface area contributed by atoms with Gasteiger partial charge in [-0.15, -0.1) is 15.3 Å². The topological polar surface area (TPSA) is 95.6 Å². The Morgan fingerprint density at radius 2 is 1.91 bits per heavy atom. The van der Waals surface area contributed by atoms with Crippen LogP contribution in [-0.4, -0.2) is 42.7 Å². The number of phenolic OH excluding ortho intramolecular Hbond substituents is 1. The van der Waals surface area contributed by atoms with Crippen LogP contribution in [0.25, 0.3) is 5.65 Å². The van der Waals surface area contributed by atoms with E-state index in [1.165, 1.54) is 0 Å². The standard InChI is InChI=1S/C16H19N5O2/c1-2-12(10-22)17-14-7-8-15-18-19-16(21(15)20-14)9-11-3-5-13(23)6-4-11/h3-8,12,22-23H,2,9-10H2,1H3,(H,17,20)/t12-/m1/s1. The van der Waals surface area contributed by atoms with Gasteiger partial charge in [-0.1, -0.05) is 19.1 Å². The van der Waals surface area contributed by atoms with Crippen molar-refractivity contribution in [3.05, 3.63) is 47.8 Å². The highest BCUT2D eigenvalue weighted by Gasteiger charge is 2.10. The van der Waals surface area contributed by atoms with Crippen molar-refractivity contribution in [2.75, 3.05) is 11.9 Å². The van der Waals surface area contributed by atoms with Crippen molar-refractivity contribution < 1.29 is 10.2 Å². The summed E-state index contributed by atoms with van der Waals surface area (Å²) in [6.45, 7) is 2.06. The van der Waals surface area contributed by atoms with E-state index in [4.69, 9.17) is 0 Å². The second-order valence-electron chi connectivity index (χ2n) is 5.38. The van der Waals surface area contributed by atoms with Gasteiger partial charge in [-0.25, -0.2) is 0 Å². The van der Waals surface area contributed by atoms with Gasteiger partial charge in [0.1, 0.15) is 11.6 Å². The molecule has 2 aromatic heterocycles. The quantitative estimate of drug-likeness (QED) is 0.640. The molecule has 1 atom stereocenters. The number of hydrogen-bond acceptors (Lipinski definition) is 6. The van der Waals surface area contributed by atoms with Crippen LogP contribution in [-0.2, 0) is 6.42 Å². The van der Waals surface area contributed by atoms with E-state index in [1.807, 2.05) is 31.2 Å². The first-order chi connectivity index (χ1) is 11.2. The third-order valence-electron chi connectivity index (χ3n) is 3.69. The first-order valence-corrected chi connectivity index (χ1v) is 7.56. The molecule has 7 heteroatoms. The summed E-state index contributed by atoms with van der Waals surface area (Å²) in [6.07, 6.45) is 1.37. The lowest BCUT2D eigenvalue weighted by Gasteiger charge is -2.14. The summed E-state index contributed by atoms with van der Waals surface area (Å²) >= 11 is 0. The van der Waals surface area contributed by atoms with Gasteiger partial charge in [0.2, 0.25) is 0 Å². The van der Waals surface area contributed by atoms with Crippen molar-refractivity contribution in [2.45, 2.75) is 25.8 Å². The summed E-state index contributed by atoms with van der Waals surface area (Å²) in [6, 6.07) is 10.6. The van der Waals surface area contributed by atoms with Crippen LogP contribution in [0.15, 0.2) is 36.4 Å². The number of phenols is 1. The Labute approximate surface area is 133 Å². The molecule has 0 unspecified atom stereocenters. The van der Waals surface area contributed by atoms with Gasteiger partial charge in [-0.2, -0.15) is 4.52 Å². The summed E-state index contributed by atoms with van der Waals surface area (Å²) in [7, 11) is 0. The molecule has 3 N–H and O–H groups in total. The number of aliphatic hydroxyl groups is 1. The Morgan fingerprint density at radius 1 is 1.13 bits per heavy atom. The van der Waals surface area contributed by atoms with E-state index >= 15 is 0 Å². The maximum absolute atomic E-state index is 9.35. The van der Waals surface area contributed by atoms with Gasteiger partial charge >= 0.3 is 0 Å². The highest BCUT2D eigenvalue weighted by atomic mass is 16.3. The van der Waals surface area contributed by atoms with Crippen LogP contribution < -0.4 is 5.32 Å². The number of aliphatic hydroxyl groups excluding tert-OH is 1. The number of nitrogens with one attached hydrogen (secondary N) is 1. The first kappa shape index (κ1) is 15.2. The monoisotopic (exact) mass is 313 g/mol. The molecule has 1 aromatic carbocycles. The van der Waals surface area contributed by atoms with Crippen molar-refractivity contribution in [3.63, 3.8) is 0 Å². The molecule has 0 spiro atoms. The minimum Gasteiger partial charge on any atom is -0.508 e. The Bertz CT molecular complexity index is 781. The molecule has 7 nitrogen and oxygen atoms in total. The first-order valence-electron chi connectivity index (χ1n) is 7.56. The molecule has 23 heavy (non-hydrogen) atoms. The summed E-state index contributed by atoms with van der Waals surface area (Å²) in [5.74, 6) is 1.62. The van der Waals surface area contributed by atoms with Crippen LogP contribution in [0.4, 0.5) is 5.82 Å². The van der Waals surface area contributed by atoms with Crippen LogP contribution in [0.1, 0.15) is 24.7 Å². The third-order valence-corrected chi connectivity index (χ3v) is 3.69. The predicted octanol–water partition coefficient (Wildman–Crippen LogP) is 1.60. The SMILES string of the molecule is CC[C@H](CO)Nc1ccc2nnc(Cc3ccc(O)cc3)n2n1. The molecule has 0 saturated heterocycles. The molecule has 0 aliphatic carbocycles. The molecule has 0 aliphatic rings. The zero-order chi connectivity index (χ0) is 16.2. The fourth-order valence-electron chi connectivity index (χ4n) is 2.30. The molecule has 3 aromatic rings. The van der Waals surface area contributed by atoms with E-state index in [9.17, 15) is 10.2 Å². The normalized spacial score (nSPS) is 12.4. The van der Waals surface area contributed by atoms with Crippen LogP contribution in [0.2, 0.25) is 0 Å². The van der Waals surface area contributed by atoms with Crippen LogP contribution in [0.5, 0.6) is 5.75 Å². The number of anilines is 1. The van der Waals surface area contributed by atoms with E-state index in [2.05, 4.69) is 20.6 Å². The van der Waals surface area contributed by atoms with E-state index in [0.29, 0.717) is 23.7 Å². The lowest BCUT2D eigenvalue weighted by atomic mass is 10.1. The van der Waals surface area contributed by atoms with Crippen LogP contribution in [0, 0.1) is 0 Å². The van der Waals surface area contributed by atoms with E-state index in [1.54, 1.807) is 16.6 Å². The molecule has 0 amide bonds. The molecule has 120 valence electrons. The van der Waals surface area contributed by atoms with Gasteiger partial charge in [0, 0.05) is 6.42 Å². The summed E-state index contributed by atoms with van der Waals surface area (Å²) in [5.41, 5.74) is 1.68. The van der Waals surface area contributed by atoms with Gasteiger partial charge in [0.15, 0.2) is 11.5 Å². The maximum atomic E-state index is 9.35. The number of hydrogen-bond donors (Lipinski definition) is 3. The van der Waals surface area contributed by atoms with Crippen molar-refractivity contribution in [1.29, 1.82) is 0 Å². The molecule has 0 fully saturated rings. The molecular weight excluding hydrogens is 294 g/mol. The Balaban J connectivity index is 1.87. The van der Waals surface area contributed by atoms with Crippen molar-refractivity contribution in [3.8, 4) is 5.75 Å². The second-order valence-corrected chi connectivity index (χ2v) is 5.38. The summed E-state index contributed by atoms with van der Waals surface area (Å²) < 4.78 is 1.69. The van der Waals surface area contributed by atoms with Gasteiger partial charge in [0.25, 0.3) is 0 Å². The number of aromatic hydroxyl groups is 1. The Morgan fingerprint density at radius 3 is 2.61 bits per heavy atom. The number of nitrogens with zero attached hydrogens (tertiary/aromatic N) is 4. The smallest absolute Gasteiger partial charge is 0.178 e. The molecule has 0 radical (unpaired) electrons. The van der Waals surface area contributed by atoms with E-state index in [-0.39, 0.29) is 18.4 Å². The number of benzene rings is 1. The van der Waals surface area contributed by atoms with E-state index in [0.717, 1.165) is 12.0 Å². The number of fused-ring (bicyclic) bond motifs is 1. The minimum absolute atomic E-state index is 0.0306. The van der Waals surface area contributed by atoms with Crippen LogP contribution in [0.3, 0.4) is 0 Å². The van der Waals surface area contributed by atoms with Crippen molar-refractivity contribution in [1.82, 2.24) is 19.8 Å². The zero-order valence-corrected chi connectivity index (χ0v) is 12.8. The molecular formula is C16H19N5O2. The molecule has 2 heterocycles. The lowest BCUT2D eigenvalue weighted by molar-refractivity contribution is 0.271. The van der Waals surface area contributed by atoms with Crippen LogP contribution >= 0.6 is 0 Å². The fourth-order valence-corrected chi connectivity index (χ4v) is 2.30. The lowest BCUT2D eigenvalue weighted by Crippen LogP contribution is -2.23. The molecule has 0 bridgehead atoms. The Kier molecular flexibility index (Phi) is 4.38. The molecule has 3 rings (SSSR count). The average Bonchev–Trinajstić information content (AvgIpc) is 2.97. The number of rotatable bonds is 6. The largest absolute Gasteiger partial charge is 0.508 e. The van der Waals surface area contributed by atoms with Crippen molar-refractivity contribution in [2.24, 2.45) is 0 Å². The van der Waals surface area contributed by atoms with Gasteiger partial charge in [0.05, 0.1) is 12.6 Å². The van der Waals surface area contributed by atoms with E-state index < -0.39 is 0 Å².